The monoisotopic (exact) mass is 232 g/mol. The molecule has 1 heterocycles. The van der Waals surface area contributed by atoms with Gasteiger partial charge in [-0.15, -0.1) is 0 Å². The number of phenols is 1. The van der Waals surface area contributed by atoms with E-state index in [-0.39, 0.29) is 0 Å². The van der Waals surface area contributed by atoms with Crippen molar-refractivity contribution in [2.45, 2.75) is 39.0 Å². The zero-order valence-electron chi connectivity index (χ0n) is 10.4. The van der Waals surface area contributed by atoms with Crippen LogP contribution < -0.4 is 4.74 Å². The highest BCUT2D eigenvalue weighted by atomic mass is 16.5. The Labute approximate surface area is 103 Å². The topological polar surface area (TPSA) is 29.5 Å². The highest BCUT2D eigenvalue weighted by Crippen LogP contribution is 2.26. The number of benzene rings is 1. The molecule has 2 rings (SSSR count). The van der Waals surface area contributed by atoms with Crippen molar-refractivity contribution in [3.05, 3.63) is 35.4 Å². The smallest absolute Gasteiger partial charge is 0.122 e. The Morgan fingerprint density at radius 2 is 2.06 bits per heavy atom. The van der Waals surface area contributed by atoms with E-state index in [0.29, 0.717) is 5.75 Å². The molecule has 0 bridgehead atoms. The minimum absolute atomic E-state index is 0.330. The molecule has 17 heavy (non-hydrogen) atoms. The summed E-state index contributed by atoms with van der Waals surface area (Å²) in [5.74, 6) is 1.26. The fourth-order valence-electron chi connectivity index (χ4n) is 2.13. The molecule has 0 aromatic heterocycles. The molecule has 0 fully saturated rings. The van der Waals surface area contributed by atoms with Crippen LogP contribution in [0.5, 0.6) is 11.5 Å². The van der Waals surface area contributed by atoms with Gasteiger partial charge in [-0.3, -0.25) is 0 Å². The average Bonchev–Trinajstić information content (AvgIpc) is 2.34. The third-order valence-corrected chi connectivity index (χ3v) is 3.19. The molecule has 1 N–H and O–H groups in total. The van der Waals surface area contributed by atoms with Crippen molar-refractivity contribution in [2.75, 3.05) is 6.61 Å². The molecule has 0 spiro atoms. The van der Waals surface area contributed by atoms with E-state index in [1.807, 2.05) is 12.1 Å². The lowest BCUT2D eigenvalue weighted by Gasteiger charge is -2.11. The number of hydrogen-bond donors (Lipinski definition) is 1. The molecule has 0 amide bonds. The van der Waals surface area contributed by atoms with E-state index in [0.717, 1.165) is 43.6 Å². The van der Waals surface area contributed by atoms with Gasteiger partial charge in [0.1, 0.15) is 11.5 Å². The van der Waals surface area contributed by atoms with Crippen molar-refractivity contribution in [1.82, 2.24) is 0 Å². The van der Waals surface area contributed by atoms with Gasteiger partial charge in [0.15, 0.2) is 0 Å². The van der Waals surface area contributed by atoms with Gasteiger partial charge in [-0.1, -0.05) is 11.6 Å². The van der Waals surface area contributed by atoms with Crippen LogP contribution in [0.15, 0.2) is 29.8 Å². The van der Waals surface area contributed by atoms with Gasteiger partial charge >= 0.3 is 0 Å². The summed E-state index contributed by atoms with van der Waals surface area (Å²) in [6.07, 6.45) is 7.78. The molecule has 1 aliphatic rings. The van der Waals surface area contributed by atoms with Gasteiger partial charge in [-0.05, 0) is 56.4 Å². The molecule has 1 aromatic rings. The minimum atomic E-state index is 0.330. The van der Waals surface area contributed by atoms with Gasteiger partial charge in [-0.2, -0.15) is 0 Å². The number of aryl methyl sites for hydroxylation is 1. The maximum absolute atomic E-state index is 9.51. The molecule has 0 atom stereocenters. The van der Waals surface area contributed by atoms with Crippen LogP contribution in [0.2, 0.25) is 0 Å². The quantitative estimate of drug-likeness (QED) is 0.689. The Balaban J connectivity index is 2.15. The van der Waals surface area contributed by atoms with Crippen molar-refractivity contribution >= 4 is 0 Å². The summed E-state index contributed by atoms with van der Waals surface area (Å²) < 4.78 is 5.79. The Kier molecular flexibility index (Phi) is 4.08. The lowest BCUT2D eigenvalue weighted by atomic mass is 10.1. The third kappa shape index (κ3) is 3.52. The lowest BCUT2D eigenvalue weighted by molar-refractivity contribution is 0.317. The van der Waals surface area contributed by atoms with Gasteiger partial charge < -0.3 is 9.84 Å². The Hall–Kier alpha value is -1.44. The van der Waals surface area contributed by atoms with Gasteiger partial charge in [0.2, 0.25) is 0 Å². The molecule has 92 valence electrons. The number of hydrogen-bond acceptors (Lipinski definition) is 2. The first-order valence-electron chi connectivity index (χ1n) is 6.36. The standard InChI is InChI=1S/C15H20O2/c1-12-5-3-2-4-6-13-11-14(16)7-8-15(13)17-10-9-12/h5,7-8,11,16H,2-4,6,9-10H2,1H3/b12-5-. The summed E-state index contributed by atoms with van der Waals surface area (Å²) >= 11 is 0. The van der Waals surface area contributed by atoms with E-state index in [4.69, 9.17) is 4.74 Å². The molecule has 2 nitrogen and oxygen atoms in total. The molecule has 2 heteroatoms. The molecule has 0 saturated carbocycles. The van der Waals surface area contributed by atoms with Crippen molar-refractivity contribution in [1.29, 1.82) is 0 Å². The summed E-state index contributed by atoms with van der Waals surface area (Å²) in [6.45, 7) is 2.89. The Morgan fingerprint density at radius 3 is 2.94 bits per heavy atom. The van der Waals surface area contributed by atoms with Gasteiger partial charge in [-0.25, -0.2) is 0 Å². The molecule has 0 unspecified atom stereocenters. The molecule has 0 saturated heterocycles. The second kappa shape index (κ2) is 5.76. The maximum atomic E-state index is 9.51. The first-order chi connectivity index (χ1) is 8.25. The summed E-state index contributed by atoms with van der Waals surface area (Å²) in [5.41, 5.74) is 2.54. The highest BCUT2D eigenvalue weighted by molar-refractivity contribution is 5.39. The third-order valence-electron chi connectivity index (χ3n) is 3.19. The fraction of sp³-hybridized carbons (Fsp3) is 0.467. The number of phenolic OH excluding ortho intramolecular Hbond substituents is 1. The van der Waals surface area contributed by atoms with Crippen LogP contribution in [-0.2, 0) is 6.42 Å². The minimum Gasteiger partial charge on any atom is -0.508 e. The predicted octanol–water partition coefficient (Wildman–Crippen LogP) is 3.83. The summed E-state index contributed by atoms with van der Waals surface area (Å²) in [4.78, 5) is 0. The van der Waals surface area contributed by atoms with Crippen LogP contribution in [0.4, 0.5) is 0 Å². The van der Waals surface area contributed by atoms with Crippen LogP contribution in [0.1, 0.15) is 38.2 Å². The van der Waals surface area contributed by atoms with Crippen LogP contribution in [0.3, 0.4) is 0 Å². The number of rotatable bonds is 0. The summed E-state index contributed by atoms with van der Waals surface area (Å²) in [6, 6.07) is 5.40. The van der Waals surface area contributed by atoms with Crippen molar-refractivity contribution < 1.29 is 9.84 Å². The summed E-state index contributed by atoms with van der Waals surface area (Å²) in [7, 11) is 0. The van der Waals surface area contributed by atoms with E-state index in [2.05, 4.69) is 13.0 Å². The SMILES string of the molecule is C/C1=C/CCCCc2cc(O)ccc2OCC1. The molecular formula is C15H20O2. The van der Waals surface area contributed by atoms with Crippen molar-refractivity contribution in [3.8, 4) is 11.5 Å². The fourth-order valence-corrected chi connectivity index (χ4v) is 2.13. The number of fused-ring (bicyclic) bond motifs is 1. The largest absolute Gasteiger partial charge is 0.508 e. The first-order valence-corrected chi connectivity index (χ1v) is 6.36. The molecule has 0 radical (unpaired) electrons. The van der Waals surface area contributed by atoms with E-state index in [1.54, 1.807) is 6.07 Å². The maximum Gasteiger partial charge on any atom is 0.122 e. The molecule has 1 aliphatic heterocycles. The highest BCUT2D eigenvalue weighted by Gasteiger charge is 2.06. The first kappa shape index (κ1) is 12.0. The van der Waals surface area contributed by atoms with Crippen LogP contribution in [-0.4, -0.2) is 11.7 Å². The molecular weight excluding hydrogens is 212 g/mol. The zero-order chi connectivity index (χ0) is 12.1. The molecule has 1 aromatic carbocycles. The number of allylic oxidation sites excluding steroid dienone is 1. The van der Waals surface area contributed by atoms with Gasteiger partial charge in [0.25, 0.3) is 0 Å². The average molecular weight is 232 g/mol. The van der Waals surface area contributed by atoms with Gasteiger partial charge in [0, 0.05) is 6.42 Å². The van der Waals surface area contributed by atoms with E-state index in [1.165, 1.54) is 12.0 Å². The second-order valence-corrected chi connectivity index (χ2v) is 4.69. The zero-order valence-corrected chi connectivity index (χ0v) is 10.4. The van der Waals surface area contributed by atoms with Crippen LogP contribution in [0, 0.1) is 0 Å². The normalized spacial score (nSPS) is 20.4. The van der Waals surface area contributed by atoms with Crippen LogP contribution >= 0.6 is 0 Å². The number of ether oxygens (including phenoxy) is 1. The Morgan fingerprint density at radius 1 is 1.18 bits per heavy atom. The lowest BCUT2D eigenvalue weighted by Crippen LogP contribution is -2.00. The van der Waals surface area contributed by atoms with Crippen molar-refractivity contribution in [3.63, 3.8) is 0 Å². The van der Waals surface area contributed by atoms with E-state index >= 15 is 0 Å². The second-order valence-electron chi connectivity index (χ2n) is 4.69. The number of aromatic hydroxyl groups is 1. The summed E-state index contributed by atoms with van der Waals surface area (Å²) in [5, 5.41) is 9.51. The van der Waals surface area contributed by atoms with Crippen molar-refractivity contribution in [2.24, 2.45) is 0 Å². The molecule has 0 aliphatic carbocycles. The van der Waals surface area contributed by atoms with Gasteiger partial charge in [0.05, 0.1) is 6.61 Å². The van der Waals surface area contributed by atoms with E-state index < -0.39 is 0 Å². The Bertz CT molecular complexity index is 407. The van der Waals surface area contributed by atoms with E-state index in [9.17, 15) is 5.11 Å². The van der Waals surface area contributed by atoms with Crippen LogP contribution in [0.25, 0.3) is 0 Å². The predicted molar refractivity (Wildman–Crippen MR) is 69.5 cm³/mol.